The first-order valence-corrected chi connectivity index (χ1v) is 4.09. The van der Waals surface area contributed by atoms with E-state index >= 15 is 0 Å². The molecule has 2 heteroatoms. The molecule has 0 aromatic carbocycles. The Balaban J connectivity index is 2.43. The average molecular weight is 153 g/mol. The molecule has 1 rings (SSSR count). The van der Waals surface area contributed by atoms with Crippen LogP contribution in [0.2, 0.25) is 0 Å². The largest absolute Gasteiger partial charge is 0.497 e. The minimum absolute atomic E-state index is 0.231. The van der Waals surface area contributed by atoms with Crippen molar-refractivity contribution in [1.29, 1.82) is 0 Å². The van der Waals surface area contributed by atoms with E-state index in [1.165, 1.54) is 5.71 Å². The van der Waals surface area contributed by atoms with Gasteiger partial charge in [-0.1, -0.05) is 6.58 Å². The van der Waals surface area contributed by atoms with Gasteiger partial charge in [-0.25, -0.2) is 0 Å². The minimum atomic E-state index is 0.231. The summed E-state index contributed by atoms with van der Waals surface area (Å²) in [7, 11) is 0. The first kappa shape index (κ1) is 8.31. The maximum atomic E-state index is 5.27. The van der Waals surface area contributed by atoms with Crippen LogP contribution < -0.4 is 0 Å². The van der Waals surface area contributed by atoms with Gasteiger partial charge >= 0.3 is 0 Å². The molecule has 0 N–H and O–H groups in total. The topological polar surface area (TPSA) is 21.6 Å². The van der Waals surface area contributed by atoms with Crippen LogP contribution in [0, 0.1) is 0 Å². The predicted molar refractivity (Wildman–Crippen MR) is 46.9 cm³/mol. The van der Waals surface area contributed by atoms with Crippen molar-refractivity contribution in [3.8, 4) is 0 Å². The molecule has 1 aliphatic rings. The lowest BCUT2D eigenvalue weighted by atomic mass is 10.2. The van der Waals surface area contributed by atoms with Crippen LogP contribution in [0.5, 0.6) is 0 Å². The SMILES string of the molecule is C=C(OCC)[C@@H]1CCC(C)=N1. The van der Waals surface area contributed by atoms with Crippen molar-refractivity contribution in [1.82, 2.24) is 0 Å². The molecule has 2 nitrogen and oxygen atoms in total. The van der Waals surface area contributed by atoms with Gasteiger partial charge in [-0.3, -0.25) is 4.99 Å². The molecule has 0 aromatic rings. The molecule has 0 spiro atoms. The molecule has 0 aliphatic carbocycles. The fraction of sp³-hybridized carbons (Fsp3) is 0.667. The van der Waals surface area contributed by atoms with E-state index in [2.05, 4.69) is 18.5 Å². The number of rotatable bonds is 3. The highest BCUT2D eigenvalue weighted by atomic mass is 16.5. The lowest BCUT2D eigenvalue weighted by Gasteiger charge is -2.10. The summed E-state index contributed by atoms with van der Waals surface area (Å²) in [6.07, 6.45) is 2.17. The van der Waals surface area contributed by atoms with Gasteiger partial charge in [-0.2, -0.15) is 0 Å². The standard InChI is InChI=1S/C9H15NO/c1-4-11-8(3)9-6-5-7(2)10-9/h9H,3-6H2,1-2H3/t9-/m0/s1. The zero-order chi connectivity index (χ0) is 8.27. The van der Waals surface area contributed by atoms with E-state index in [1.54, 1.807) is 0 Å². The Morgan fingerprint density at radius 3 is 3.00 bits per heavy atom. The van der Waals surface area contributed by atoms with Crippen LogP contribution in [0.3, 0.4) is 0 Å². The number of nitrogens with zero attached hydrogens (tertiary/aromatic N) is 1. The highest BCUT2D eigenvalue weighted by molar-refractivity contribution is 5.83. The Kier molecular flexibility index (Phi) is 2.69. The summed E-state index contributed by atoms with van der Waals surface area (Å²) in [5.41, 5.74) is 1.22. The van der Waals surface area contributed by atoms with Crippen molar-refractivity contribution in [3.63, 3.8) is 0 Å². The second kappa shape index (κ2) is 3.56. The maximum absolute atomic E-state index is 5.27. The smallest absolute Gasteiger partial charge is 0.113 e. The molecule has 1 heterocycles. The summed E-state index contributed by atoms with van der Waals surface area (Å²) < 4.78 is 5.27. The van der Waals surface area contributed by atoms with E-state index in [0.29, 0.717) is 6.61 Å². The second-order valence-corrected chi connectivity index (χ2v) is 2.82. The van der Waals surface area contributed by atoms with E-state index in [1.807, 2.05) is 6.92 Å². The quantitative estimate of drug-likeness (QED) is 0.569. The van der Waals surface area contributed by atoms with Crippen molar-refractivity contribution < 1.29 is 4.74 Å². The van der Waals surface area contributed by atoms with Gasteiger partial charge in [0.05, 0.1) is 6.61 Å². The van der Waals surface area contributed by atoms with Crippen molar-refractivity contribution in [2.75, 3.05) is 6.61 Å². The molecule has 11 heavy (non-hydrogen) atoms. The Hall–Kier alpha value is -0.790. The molecular weight excluding hydrogens is 138 g/mol. The normalized spacial score (nSPS) is 23.1. The zero-order valence-corrected chi connectivity index (χ0v) is 7.26. The van der Waals surface area contributed by atoms with Crippen LogP contribution in [0.1, 0.15) is 26.7 Å². The zero-order valence-electron chi connectivity index (χ0n) is 7.26. The third-order valence-electron chi connectivity index (χ3n) is 1.86. The van der Waals surface area contributed by atoms with Crippen LogP contribution in [-0.2, 0) is 4.74 Å². The maximum Gasteiger partial charge on any atom is 0.113 e. The molecular formula is C9H15NO. The van der Waals surface area contributed by atoms with Crippen LogP contribution in [-0.4, -0.2) is 18.4 Å². The molecule has 0 amide bonds. The van der Waals surface area contributed by atoms with Crippen LogP contribution in [0.15, 0.2) is 17.3 Å². The summed E-state index contributed by atoms with van der Waals surface area (Å²) in [5, 5.41) is 0. The summed E-state index contributed by atoms with van der Waals surface area (Å²) in [6, 6.07) is 0.231. The third kappa shape index (κ3) is 2.07. The third-order valence-corrected chi connectivity index (χ3v) is 1.86. The molecule has 0 saturated carbocycles. The van der Waals surface area contributed by atoms with Crippen LogP contribution in [0.4, 0.5) is 0 Å². The lowest BCUT2D eigenvalue weighted by Crippen LogP contribution is -2.06. The van der Waals surface area contributed by atoms with Crippen molar-refractivity contribution in [2.45, 2.75) is 32.7 Å². The molecule has 1 aliphatic heterocycles. The average Bonchev–Trinajstić information content (AvgIpc) is 2.36. The van der Waals surface area contributed by atoms with E-state index in [0.717, 1.165) is 18.6 Å². The molecule has 0 saturated heterocycles. The van der Waals surface area contributed by atoms with Crippen molar-refractivity contribution in [3.05, 3.63) is 12.3 Å². The number of aliphatic imine (C=N–C) groups is 1. The highest BCUT2D eigenvalue weighted by Gasteiger charge is 2.17. The van der Waals surface area contributed by atoms with Gasteiger partial charge in [0.25, 0.3) is 0 Å². The highest BCUT2D eigenvalue weighted by Crippen LogP contribution is 2.19. The number of hydrogen-bond donors (Lipinski definition) is 0. The Labute approximate surface area is 68.0 Å². The molecule has 0 bridgehead atoms. The first-order valence-electron chi connectivity index (χ1n) is 4.09. The predicted octanol–water partition coefficient (Wildman–Crippen LogP) is 2.16. The summed E-state index contributed by atoms with van der Waals surface area (Å²) in [4.78, 5) is 4.40. The molecule has 0 aromatic heterocycles. The van der Waals surface area contributed by atoms with E-state index < -0.39 is 0 Å². The lowest BCUT2D eigenvalue weighted by molar-refractivity contribution is 0.211. The fourth-order valence-corrected chi connectivity index (χ4v) is 1.26. The Bertz CT molecular complexity index is 184. The van der Waals surface area contributed by atoms with Gasteiger partial charge in [-0.05, 0) is 26.7 Å². The monoisotopic (exact) mass is 153 g/mol. The van der Waals surface area contributed by atoms with Gasteiger partial charge in [0.15, 0.2) is 0 Å². The molecule has 0 fully saturated rings. The number of ether oxygens (including phenoxy) is 1. The minimum Gasteiger partial charge on any atom is -0.497 e. The molecule has 1 atom stereocenters. The van der Waals surface area contributed by atoms with Gasteiger partial charge in [-0.15, -0.1) is 0 Å². The van der Waals surface area contributed by atoms with Gasteiger partial charge in [0.2, 0.25) is 0 Å². The van der Waals surface area contributed by atoms with Gasteiger partial charge in [0, 0.05) is 5.71 Å². The summed E-state index contributed by atoms with van der Waals surface area (Å²) in [6.45, 7) is 8.55. The fourth-order valence-electron chi connectivity index (χ4n) is 1.26. The number of hydrogen-bond acceptors (Lipinski definition) is 2. The van der Waals surface area contributed by atoms with Crippen LogP contribution in [0.25, 0.3) is 0 Å². The molecule has 0 radical (unpaired) electrons. The Morgan fingerprint density at radius 2 is 2.55 bits per heavy atom. The van der Waals surface area contributed by atoms with Gasteiger partial charge in [0.1, 0.15) is 11.8 Å². The van der Waals surface area contributed by atoms with E-state index in [9.17, 15) is 0 Å². The Morgan fingerprint density at radius 1 is 1.82 bits per heavy atom. The molecule has 62 valence electrons. The van der Waals surface area contributed by atoms with E-state index in [-0.39, 0.29) is 6.04 Å². The van der Waals surface area contributed by atoms with Crippen LogP contribution >= 0.6 is 0 Å². The summed E-state index contributed by atoms with van der Waals surface area (Å²) >= 11 is 0. The second-order valence-electron chi connectivity index (χ2n) is 2.82. The van der Waals surface area contributed by atoms with Gasteiger partial charge < -0.3 is 4.74 Å². The molecule has 0 unspecified atom stereocenters. The summed E-state index contributed by atoms with van der Waals surface area (Å²) in [5.74, 6) is 0.823. The van der Waals surface area contributed by atoms with Crippen molar-refractivity contribution >= 4 is 5.71 Å². The van der Waals surface area contributed by atoms with Crippen molar-refractivity contribution in [2.24, 2.45) is 4.99 Å². The van der Waals surface area contributed by atoms with E-state index in [4.69, 9.17) is 4.74 Å². The first-order chi connectivity index (χ1) is 5.24.